The highest BCUT2D eigenvalue weighted by molar-refractivity contribution is 7.92. The zero-order valence-corrected chi connectivity index (χ0v) is 19.2. The smallest absolute Gasteiger partial charge is 0.279 e. The zero-order valence-electron chi connectivity index (χ0n) is 17.6. The van der Waals surface area contributed by atoms with E-state index < -0.39 is 21.7 Å². The summed E-state index contributed by atoms with van der Waals surface area (Å²) < 4.78 is 43.3. The predicted molar refractivity (Wildman–Crippen MR) is 124 cm³/mol. The van der Waals surface area contributed by atoms with Gasteiger partial charge in [-0.3, -0.25) is 9.52 Å². The van der Waals surface area contributed by atoms with E-state index >= 15 is 0 Å². The molecule has 1 amide bonds. The van der Waals surface area contributed by atoms with Gasteiger partial charge in [0.15, 0.2) is 4.80 Å². The molecule has 0 radical (unpaired) electrons. The Morgan fingerprint density at radius 2 is 1.59 bits per heavy atom. The van der Waals surface area contributed by atoms with Crippen LogP contribution in [0.2, 0.25) is 0 Å². The molecule has 0 bridgehead atoms. The van der Waals surface area contributed by atoms with Gasteiger partial charge in [-0.1, -0.05) is 23.5 Å². The quantitative estimate of drug-likeness (QED) is 0.477. The van der Waals surface area contributed by atoms with Crippen LogP contribution in [0.15, 0.2) is 70.6 Å². The minimum absolute atomic E-state index is 0.0584. The topological polar surface area (TPSA) is 80.5 Å². The molecule has 1 N–H and O–H groups in total. The molecule has 0 atom stereocenters. The van der Waals surface area contributed by atoms with Crippen molar-refractivity contribution in [2.45, 2.75) is 18.7 Å². The van der Waals surface area contributed by atoms with Gasteiger partial charge in [-0.05, 0) is 73.5 Å². The minimum atomic E-state index is -3.87. The van der Waals surface area contributed by atoms with Crippen molar-refractivity contribution in [1.29, 1.82) is 0 Å². The van der Waals surface area contributed by atoms with E-state index in [0.29, 0.717) is 10.4 Å². The lowest BCUT2D eigenvalue weighted by Crippen LogP contribution is -2.14. The number of carbonyl (C=O) groups excluding carboxylic acids is 1. The van der Waals surface area contributed by atoms with Gasteiger partial charge < -0.3 is 4.57 Å². The molecule has 164 valence electrons. The van der Waals surface area contributed by atoms with Crippen molar-refractivity contribution in [3.8, 4) is 0 Å². The average Bonchev–Trinajstić information content (AvgIpc) is 3.08. The summed E-state index contributed by atoms with van der Waals surface area (Å²) in [7, 11) is -1.99. The monoisotopic (exact) mass is 469 g/mol. The average molecular weight is 470 g/mol. The van der Waals surface area contributed by atoms with Crippen molar-refractivity contribution in [2.24, 2.45) is 12.0 Å². The molecule has 9 heteroatoms. The van der Waals surface area contributed by atoms with E-state index in [1.807, 2.05) is 37.6 Å². The Bertz CT molecular complexity index is 1500. The summed E-state index contributed by atoms with van der Waals surface area (Å²) in [5, 5.41) is 0. The number of hydrogen-bond acceptors (Lipinski definition) is 4. The molecule has 1 heterocycles. The summed E-state index contributed by atoms with van der Waals surface area (Å²) in [5.74, 6) is -0.941. The Hall–Kier alpha value is -3.30. The largest absolute Gasteiger partial charge is 0.319 e. The van der Waals surface area contributed by atoms with Gasteiger partial charge in [-0.15, -0.1) is 0 Å². The number of nitrogens with one attached hydrogen (secondary N) is 1. The molecule has 4 aromatic rings. The molecule has 0 saturated carbocycles. The van der Waals surface area contributed by atoms with Crippen LogP contribution in [0.25, 0.3) is 10.2 Å². The summed E-state index contributed by atoms with van der Waals surface area (Å²) in [6, 6.07) is 14.6. The summed E-state index contributed by atoms with van der Waals surface area (Å²) in [4.78, 5) is 17.5. The summed E-state index contributed by atoms with van der Waals surface area (Å²) in [6.45, 7) is 4.04. The third-order valence-electron chi connectivity index (χ3n) is 5.05. The SMILES string of the molecule is Cc1ccc(C)c2c1sc(=NC(=O)c1ccc(NS(=O)(=O)c3ccc(F)cc3)cc1)n2C. The van der Waals surface area contributed by atoms with Gasteiger partial charge >= 0.3 is 0 Å². The van der Waals surface area contributed by atoms with Crippen LogP contribution >= 0.6 is 11.3 Å². The van der Waals surface area contributed by atoms with Crippen LogP contribution in [-0.4, -0.2) is 18.9 Å². The maximum atomic E-state index is 13.0. The summed E-state index contributed by atoms with van der Waals surface area (Å²) in [5.41, 5.74) is 3.89. The molecule has 1 aromatic heterocycles. The van der Waals surface area contributed by atoms with Gasteiger partial charge in [0.25, 0.3) is 15.9 Å². The molecule has 3 aromatic carbocycles. The van der Waals surface area contributed by atoms with Crippen LogP contribution in [0.1, 0.15) is 21.5 Å². The molecular weight excluding hydrogens is 449 g/mol. The lowest BCUT2D eigenvalue weighted by molar-refractivity contribution is 0.0998. The number of halogens is 1. The highest BCUT2D eigenvalue weighted by Crippen LogP contribution is 2.24. The van der Waals surface area contributed by atoms with E-state index in [9.17, 15) is 17.6 Å². The van der Waals surface area contributed by atoms with E-state index in [1.54, 1.807) is 0 Å². The second-order valence-electron chi connectivity index (χ2n) is 7.37. The Balaban J connectivity index is 1.60. The lowest BCUT2D eigenvalue weighted by atomic mass is 10.1. The first kappa shape index (κ1) is 21.9. The first-order chi connectivity index (χ1) is 15.2. The number of aromatic nitrogens is 1. The van der Waals surface area contributed by atoms with Crippen molar-refractivity contribution in [2.75, 3.05) is 4.72 Å². The van der Waals surface area contributed by atoms with Crippen LogP contribution < -0.4 is 9.52 Å². The number of thiazole rings is 1. The highest BCUT2D eigenvalue weighted by atomic mass is 32.2. The number of fused-ring (bicyclic) bond motifs is 1. The summed E-state index contributed by atoms with van der Waals surface area (Å²) >= 11 is 1.45. The molecule has 4 rings (SSSR count). The standard InChI is InChI=1S/C23H20FN3O3S2/c1-14-4-5-15(2)21-20(14)27(3)23(31-21)25-22(28)16-6-10-18(11-7-16)26-32(29,30)19-12-8-17(24)9-13-19/h4-13,26H,1-3H3. The van der Waals surface area contributed by atoms with Gasteiger partial charge in [0.2, 0.25) is 0 Å². The second kappa shape index (κ2) is 8.33. The van der Waals surface area contributed by atoms with Gasteiger partial charge in [-0.25, -0.2) is 12.8 Å². The molecule has 6 nitrogen and oxygen atoms in total. The first-order valence-electron chi connectivity index (χ1n) is 9.69. The minimum Gasteiger partial charge on any atom is -0.319 e. The molecule has 0 unspecified atom stereocenters. The first-order valence-corrected chi connectivity index (χ1v) is 12.0. The van der Waals surface area contributed by atoms with E-state index in [0.717, 1.165) is 33.5 Å². The Morgan fingerprint density at radius 3 is 2.22 bits per heavy atom. The molecule has 0 fully saturated rings. The van der Waals surface area contributed by atoms with E-state index in [-0.39, 0.29) is 10.6 Å². The van der Waals surface area contributed by atoms with Crippen LogP contribution in [-0.2, 0) is 17.1 Å². The van der Waals surface area contributed by atoms with Crippen molar-refractivity contribution in [3.63, 3.8) is 0 Å². The predicted octanol–water partition coefficient (Wildman–Crippen LogP) is 4.54. The molecule has 0 aliphatic carbocycles. The number of nitrogens with zero attached hydrogens (tertiary/aromatic N) is 2. The third-order valence-corrected chi connectivity index (χ3v) is 7.72. The molecule has 0 spiro atoms. The van der Waals surface area contributed by atoms with E-state index in [4.69, 9.17) is 0 Å². The van der Waals surface area contributed by atoms with E-state index in [1.165, 1.54) is 47.7 Å². The van der Waals surface area contributed by atoms with Crippen molar-refractivity contribution in [3.05, 3.63) is 88.0 Å². The van der Waals surface area contributed by atoms with Gasteiger partial charge in [0.05, 0.1) is 15.1 Å². The van der Waals surface area contributed by atoms with Crippen LogP contribution in [0.3, 0.4) is 0 Å². The molecule has 0 aliphatic heterocycles. The van der Waals surface area contributed by atoms with Crippen LogP contribution in [0, 0.1) is 19.7 Å². The highest BCUT2D eigenvalue weighted by Gasteiger charge is 2.15. The number of benzene rings is 3. The maximum absolute atomic E-state index is 13.0. The molecule has 0 saturated heterocycles. The molecule has 32 heavy (non-hydrogen) atoms. The van der Waals surface area contributed by atoms with Crippen molar-refractivity contribution < 1.29 is 17.6 Å². The second-order valence-corrected chi connectivity index (χ2v) is 10.0. The number of hydrogen-bond donors (Lipinski definition) is 1. The number of anilines is 1. The lowest BCUT2D eigenvalue weighted by Gasteiger charge is -2.08. The fraction of sp³-hybridized carbons (Fsp3) is 0.130. The van der Waals surface area contributed by atoms with E-state index in [2.05, 4.69) is 9.71 Å². The van der Waals surface area contributed by atoms with Gasteiger partial charge in [0, 0.05) is 18.3 Å². The van der Waals surface area contributed by atoms with Crippen LogP contribution in [0.4, 0.5) is 10.1 Å². The number of carbonyl (C=O) groups is 1. The number of sulfonamides is 1. The Labute approximate surface area is 188 Å². The maximum Gasteiger partial charge on any atom is 0.279 e. The van der Waals surface area contributed by atoms with Gasteiger partial charge in [0.1, 0.15) is 5.82 Å². The van der Waals surface area contributed by atoms with Gasteiger partial charge in [-0.2, -0.15) is 4.99 Å². The normalized spacial score (nSPS) is 12.3. The number of amides is 1. The van der Waals surface area contributed by atoms with Crippen LogP contribution in [0.5, 0.6) is 0 Å². The fourth-order valence-corrected chi connectivity index (χ4v) is 5.55. The Kier molecular flexibility index (Phi) is 5.70. The zero-order chi connectivity index (χ0) is 23.0. The Morgan fingerprint density at radius 1 is 0.969 bits per heavy atom. The fourth-order valence-electron chi connectivity index (χ4n) is 3.33. The van der Waals surface area contributed by atoms with Crippen molar-refractivity contribution in [1.82, 2.24) is 4.57 Å². The summed E-state index contributed by atoms with van der Waals surface area (Å²) in [6.07, 6.45) is 0. The molecular formula is C23H20FN3O3S2. The number of rotatable bonds is 4. The number of aryl methyl sites for hydroxylation is 3. The molecule has 0 aliphatic rings. The van der Waals surface area contributed by atoms with Crippen molar-refractivity contribution >= 4 is 43.2 Å². The third kappa shape index (κ3) is 4.21.